The van der Waals surface area contributed by atoms with Crippen LogP contribution in [0, 0.1) is 59.2 Å². The highest BCUT2D eigenvalue weighted by atomic mass is 16.7. The molecule has 12 heteroatoms. The summed E-state index contributed by atoms with van der Waals surface area (Å²) in [5.41, 5.74) is 4.65. The van der Waals surface area contributed by atoms with Crippen molar-refractivity contribution in [3.63, 3.8) is 0 Å². The van der Waals surface area contributed by atoms with Gasteiger partial charge >= 0.3 is 6.16 Å². The van der Waals surface area contributed by atoms with Crippen LogP contribution in [0.4, 0.5) is 10.5 Å². The van der Waals surface area contributed by atoms with Gasteiger partial charge in [-0.3, -0.25) is 19.2 Å². The molecular weight excluding hydrogens is 869 g/mol. The molecule has 69 heavy (non-hydrogen) atoms. The summed E-state index contributed by atoms with van der Waals surface area (Å²) in [6.07, 6.45) is 17.3. The number of carbonyl (C=O) groups excluding carboxylic acids is 5. The summed E-state index contributed by atoms with van der Waals surface area (Å²) in [5.74, 6) is 3.90. The van der Waals surface area contributed by atoms with Crippen molar-refractivity contribution in [2.24, 2.45) is 52.3 Å². The average molecular weight is 953 g/mol. The molecule has 4 aliphatic rings. The first-order chi connectivity index (χ1) is 32.9. The summed E-state index contributed by atoms with van der Waals surface area (Å²) in [5, 5.41) is 11.0. The van der Waals surface area contributed by atoms with Gasteiger partial charge in [-0.1, -0.05) is 109 Å². The molecule has 0 heterocycles. The minimum absolute atomic E-state index is 0.00303. The Balaban J connectivity index is 0.840. The van der Waals surface area contributed by atoms with Gasteiger partial charge in [0.05, 0.1) is 12.6 Å². The van der Waals surface area contributed by atoms with Crippen molar-refractivity contribution in [2.45, 2.75) is 170 Å². The summed E-state index contributed by atoms with van der Waals surface area (Å²) in [6, 6.07) is 12.9. The smallest absolute Gasteiger partial charge is 0.429 e. The van der Waals surface area contributed by atoms with Crippen molar-refractivity contribution in [2.75, 3.05) is 25.0 Å². The van der Waals surface area contributed by atoms with Crippen molar-refractivity contribution in [3.8, 4) is 5.75 Å². The Bertz CT molecular complexity index is 2070. The number of fused-ring (bicyclic) bond motifs is 5. The van der Waals surface area contributed by atoms with Gasteiger partial charge in [0.1, 0.15) is 18.4 Å². The lowest BCUT2D eigenvalue weighted by molar-refractivity contribution is -0.131. The van der Waals surface area contributed by atoms with E-state index in [2.05, 4.69) is 62.0 Å². The van der Waals surface area contributed by atoms with E-state index in [1.165, 1.54) is 57.8 Å². The minimum atomic E-state index is -0.859. The van der Waals surface area contributed by atoms with E-state index in [9.17, 15) is 24.0 Å². The van der Waals surface area contributed by atoms with E-state index in [0.29, 0.717) is 48.4 Å². The van der Waals surface area contributed by atoms with Crippen LogP contribution in [0.5, 0.6) is 5.75 Å². The fourth-order valence-corrected chi connectivity index (χ4v) is 12.7. The topological polar surface area (TPSA) is 161 Å². The van der Waals surface area contributed by atoms with E-state index in [1.54, 1.807) is 42.0 Å². The minimum Gasteiger partial charge on any atom is -0.429 e. The molecule has 3 saturated carbocycles. The maximum absolute atomic E-state index is 13.1. The third-order valence-electron chi connectivity index (χ3n) is 16.4. The molecule has 4 amide bonds. The van der Waals surface area contributed by atoms with Gasteiger partial charge in [0.25, 0.3) is 0 Å². The molecule has 0 radical (unpaired) electrons. The second-order valence-electron chi connectivity index (χ2n) is 22.4. The van der Waals surface area contributed by atoms with Gasteiger partial charge < -0.3 is 35.5 Å². The molecule has 380 valence electrons. The first-order valence-electron chi connectivity index (χ1n) is 26.4. The standard InChI is InChI=1S/C57H84N4O8/c1-37(2)11-9-12-40(6)47-23-24-48-46-22-17-42-34-45(27-29-56(42,7)49(46)28-30-57(47,48)8)67-32-10-31-58-51(62)25-26-52(63)61-50(33-38(3)4)54(65)59-35-53(64)60-43-18-15-41(16-19-43)36-68-55(66)69-44-20-13-39(5)14-21-44/h13-21,37-38,40,45-50H,9-12,22-36H2,1-8H3,(H,58,62)(H,59,65)(H,60,64)(H,61,63)/t40-,45+,46+,47-,48+,49+,50+,56+,57-/m1/s1. The van der Waals surface area contributed by atoms with Gasteiger partial charge in [-0.05, 0) is 153 Å². The fourth-order valence-electron chi connectivity index (χ4n) is 12.7. The van der Waals surface area contributed by atoms with Crippen molar-refractivity contribution in [3.05, 3.63) is 71.3 Å². The molecule has 4 N–H and O–H groups in total. The molecule has 0 saturated heterocycles. The molecule has 3 fully saturated rings. The highest BCUT2D eigenvalue weighted by Gasteiger charge is 2.59. The summed E-state index contributed by atoms with van der Waals surface area (Å²) < 4.78 is 16.8. The number of hydrogen-bond acceptors (Lipinski definition) is 8. The second-order valence-corrected chi connectivity index (χ2v) is 22.4. The molecule has 2 aromatic carbocycles. The summed E-state index contributed by atoms with van der Waals surface area (Å²) in [4.78, 5) is 63.5. The van der Waals surface area contributed by atoms with E-state index in [-0.39, 0.29) is 49.3 Å². The van der Waals surface area contributed by atoms with E-state index in [1.807, 2.05) is 32.9 Å². The van der Waals surface area contributed by atoms with Crippen LogP contribution in [0.2, 0.25) is 0 Å². The third-order valence-corrected chi connectivity index (χ3v) is 16.4. The maximum Gasteiger partial charge on any atom is 0.514 e. The van der Waals surface area contributed by atoms with E-state index in [0.717, 1.165) is 53.9 Å². The van der Waals surface area contributed by atoms with Gasteiger partial charge in [-0.15, -0.1) is 0 Å². The number of nitrogens with one attached hydrogen (secondary N) is 4. The average Bonchev–Trinajstić information content (AvgIpc) is 3.67. The lowest BCUT2D eigenvalue weighted by Crippen LogP contribution is -2.51. The number of amides is 4. The zero-order valence-electron chi connectivity index (χ0n) is 43.1. The lowest BCUT2D eigenvalue weighted by atomic mass is 9.47. The van der Waals surface area contributed by atoms with Crippen LogP contribution in [-0.2, 0) is 35.3 Å². The Kier molecular flexibility index (Phi) is 19.4. The Hall–Kier alpha value is -4.71. The fraction of sp³-hybridized carbons (Fsp3) is 0.667. The first-order valence-corrected chi connectivity index (χ1v) is 26.4. The Labute approximate surface area is 413 Å². The number of rotatable bonds is 23. The van der Waals surface area contributed by atoms with Gasteiger partial charge in [0, 0.05) is 31.7 Å². The Morgan fingerprint density at radius 1 is 0.768 bits per heavy atom. The number of benzene rings is 2. The van der Waals surface area contributed by atoms with Crippen molar-refractivity contribution >= 4 is 35.5 Å². The second kappa shape index (κ2) is 24.9. The van der Waals surface area contributed by atoms with Crippen molar-refractivity contribution in [1.82, 2.24) is 16.0 Å². The highest BCUT2D eigenvalue weighted by molar-refractivity contribution is 5.96. The Morgan fingerprint density at radius 2 is 1.51 bits per heavy atom. The summed E-state index contributed by atoms with van der Waals surface area (Å²) >= 11 is 0. The molecule has 0 aromatic heterocycles. The molecule has 2 aromatic rings. The van der Waals surface area contributed by atoms with Gasteiger partial charge in [0.15, 0.2) is 0 Å². The predicted molar refractivity (Wildman–Crippen MR) is 271 cm³/mol. The van der Waals surface area contributed by atoms with Crippen molar-refractivity contribution < 1.29 is 38.2 Å². The number of ether oxygens (including phenoxy) is 3. The number of hydrogen-bond donors (Lipinski definition) is 4. The van der Waals surface area contributed by atoms with E-state index >= 15 is 0 Å². The molecule has 0 spiro atoms. The van der Waals surface area contributed by atoms with Gasteiger partial charge in [-0.25, -0.2) is 4.79 Å². The van der Waals surface area contributed by atoms with Crippen LogP contribution in [0.25, 0.3) is 0 Å². The SMILES string of the molecule is Cc1ccc(OC(=O)OCc2ccc(NC(=O)CNC(=O)[C@H](CC(C)C)NC(=O)CCC(=O)NCCCO[C@H]3CC[C@@]4(C)C(=CC[C@H]5[C@@H]6CC[C@H]([C@H](C)CCCC(C)C)[C@@]6(C)CC[C@@H]54)C3)cc2)cc1. The van der Waals surface area contributed by atoms with Gasteiger partial charge in [0.2, 0.25) is 23.6 Å². The number of aryl methyl sites for hydroxylation is 1. The number of carbonyl (C=O) groups is 5. The van der Waals surface area contributed by atoms with E-state index in [4.69, 9.17) is 14.2 Å². The quantitative estimate of drug-likeness (QED) is 0.0370. The molecule has 4 aliphatic carbocycles. The summed E-state index contributed by atoms with van der Waals surface area (Å²) in [6.45, 7) is 19.1. The molecule has 9 atom stereocenters. The van der Waals surface area contributed by atoms with Crippen LogP contribution in [0.3, 0.4) is 0 Å². The molecule has 6 rings (SSSR count). The first kappa shape index (κ1) is 53.6. The monoisotopic (exact) mass is 953 g/mol. The van der Waals surface area contributed by atoms with Gasteiger partial charge in [-0.2, -0.15) is 0 Å². The molecule has 0 aliphatic heterocycles. The van der Waals surface area contributed by atoms with Crippen LogP contribution in [0.15, 0.2) is 60.2 Å². The molecule has 0 unspecified atom stereocenters. The molecule has 0 bridgehead atoms. The van der Waals surface area contributed by atoms with Crippen LogP contribution in [-0.4, -0.2) is 61.6 Å². The predicted octanol–water partition coefficient (Wildman–Crippen LogP) is 11.0. The van der Waals surface area contributed by atoms with E-state index < -0.39 is 29.9 Å². The lowest BCUT2D eigenvalue weighted by Gasteiger charge is -2.58. The molecular formula is C57H84N4O8. The largest absolute Gasteiger partial charge is 0.514 e. The van der Waals surface area contributed by atoms with Crippen LogP contribution >= 0.6 is 0 Å². The van der Waals surface area contributed by atoms with Crippen molar-refractivity contribution in [1.29, 1.82) is 0 Å². The normalized spacial score (nSPS) is 25.8. The maximum atomic E-state index is 13.1. The van der Waals surface area contributed by atoms with Crippen LogP contribution < -0.4 is 26.0 Å². The third kappa shape index (κ3) is 14.9. The highest BCUT2D eigenvalue weighted by Crippen LogP contribution is 2.67. The number of allylic oxidation sites excluding steroid dienone is 1. The zero-order chi connectivity index (χ0) is 49.7. The molecule has 12 nitrogen and oxygen atoms in total. The van der Waals surface area contributed by atoms with Crippen LogP contribution in [0.1, 0.15) is 156 Å². The summed E-state index contributed by atoms with van der Waals surface area (Å²) in [7, 11) is 0. The Morgan fingerprint density at radius 3 is 2.23 bits per heavy atom. The zero-order valence-corrected chi connectivity index (χ0v) is 43.1. The number of anilines is 1.